The zero-order valence-corrected chi connectivity index (χ0v) is 14.8. The molecular weight excluding hydrogens is 370 g/mol. The van der Waals surface area contributed by atoms with E-state index in [2.05, 4.69) is 35.8 Å². The minimum Gasteiger partial charge on any atom is -0.456 e. The third kappa shape index (κ3) is 3.96. The molecule has 0 saturated heterocycles. The number of benzene rings is 2. The van der Waals surface area contributed by atoms with Gasteiger partial charge in [0.2, 0.25) is 0 Å². The van der Waals surface area contributed by atoms with Crippen LogP contribution in [0.5, 0.6) is 11.5 Å². The van der Waals surface area contributed by atoms with Crippen LogP contribution in [0.4, 0.5) is 0 Å². The molecule has 110 valence electrons. The molecule has 2 nitrogen and oxygen atoms in total. The number of halogens is 2. The summed E-state index contributed by atoms with van der Waals surface area (Å²) in [5.74, 6) is 1.71. The molecule has 2 aromatic carbocycles. The van der Waals surface area contributed by atoms with Crippen LogP contribution in [0.3, 0.4) is 0 Å². The lowest BCUT2D eigenvalue weighted by Crippen LogP contribution is -2.09. The average molecular weight is 385 g/mol. The van der Waals surface area contributed by atoms with Crippen LogP contribution in [-0.2, 0) is 0 Å². The summed E-state index contributed by atoms with van der Waals surface area (Å²) in [6.45, 7) is 4.23. The maximum atomic E-state index is 6.24. The quantitative estimate of drug-likeness (QED) is 0.691. The predicted octanol–water partition coefficient (Wildman–Crippen LogP) is 5.65. The van der Waals surface area contributed by atoms with Gasteiger partial charge in [0.25, 0.3) is 0 Å². The first-order chi connectivity index (χ1) is 9.88. The van der Waals surface area contributed by atoms with Gasteiger partial charge in [0.15, 0.2) is 0 Å². The smallest absolute Gasteiger partial charge is 0.146 e. The van der Waals surface area contributed by atoms with Gasteiger partial charge in [-0.15, -0.1) is 0 Å². The van der Waals surface area contributed by atoms with Crippen molar-refractivity contribution in [3.8, 4) is 11.5 Å². The van der Waals surface area contributed by atoms with Gasteiger partial charge >= 0.3 is 0 Å². The highest BCUT2D eigenvalue weighted by Crippen LogP contribution is 2.36. The van der Waals surface area contributed by atoms with E-state index < -0.39 is 0 Å². The van der Waals surface area contributed by atoms with E-state index in [4.69, 9.17) is 34.3 Å². The first-order valence-electron chi connectivity index (χ1n) is 6.45. The van der Waals surface area contributed by atoms with Crippen LogP contribution in [0.25, 0.3) is 0 Å². The fourth-order valence-corrected chi connectivity index (χ4v) is 2.64. The number of rotatable bonds is 4. The minimum atomic E-state index is 0.315. The molecule has 0 unspecified atom stereocenters. The third-order valence-corrected chi connectivity index (χ3v) is 4.05. The Labute approximate surface area is 143 Å². The van der Waals surface area contributed by atoms with Crippen molar-refractivity contribution in [2.24, 2.45) is 5.73 Å². The lowest BCUT2D eigenvalue weighted by Gasteiger charge is -2.15. The predicted molar refractivity (Wildman–Crippen MR) is 95.6 cm³/mol. The van der Waals surface area contributed by atoms with Gasteiger partial charge in [-0.05, 0) is 47.9 Å². The normalized spacial score (nSPS) is 10.7. The van der Waals surface area contributed by atoms with E-state index in [1.54, 1.807) is 18.2 Å². The highest BCUT2D eigenvalue weighted by atomic mass is 79.9. The molecule has 0 amide bonds. The van der Waals surface area contributed by atoms with Crippen molar-refractivity contribution in [1.29, 1.82) is 0 Å². The van der Waals surface area contributed by atoms with E-state index in [1.165, 1.54) is 0 Å². The Kier molecular flexibility index (Phi) is 5.25. The SMILES string of the molecule is CC(C)c1cc(Br)ccc1Oc1ccc(C(N)=S)cc1Cl. The summed E-state index contributed by atoms with van der Waals surface area (Å²) in [5.41, 5.74) is 7.43. The average Bonchev–Trinajstić information content (AvgIpc) is 2.42. The molecule has 0 aliphatic heterocycles. The second-order valence-corrected chi connectivity index (χ2v) is 6.71. The molecule has 0 radical (unpaired) electrons. The van der Waals surface area contributed by atoms with Gasteiger partial charge in [-0.25, -0.2) is 0 Å². The summed E-state index contributed by atoms with van der Waals surface area (Å²) < 4.78 is 6.98. The van der Waals surface area contributed by atoms with Crippen molar-refractivity contribution in [3.05, 3.63) is 57.0 Å². The fraction of sp³-hybridized carbons (Fsp3) is 0.188. The van der Waals surface area contributed by atoms with Gasteiger partial charge in [-0.2, -0.15) is 0 Å². The van der Waals surface area contributed by atoms with Gasteiger partial charge < -0.3 is 10.5 Å². The summed E-state index contributed by atoms with van der Waals surface area (Å²) in [7, 11) is 0. The first-order valence-corrected chi connectivity index (χ1v) is 8.03. The van der Waals surface area contributed by atoms with Gasteiger partial charge in [0, 0.05) is 10.0 Å². The molecule has 2 aromatic rings. The van der Waals surface area contributed by atoms with E-state index in [9.17, 15) is 0 Å². The number of hydrogen-bond donors (Lipinski definition) is 1. The van der Waals surface area contributed by atoms with Crippen LogP contribution < -0.4 is 10.5 Å². The molecular formula is C16H15BrClNOS. The molecule has 2 rings (SSSR count). The molecule has 0 aliphatic rings. The Morgan fingerprint density at radius 1 is 1.19 bits per heavy atom. The van der Waals surface area contributed by atoms with E-state index in [0.29, 0.717) is 21.7 Å². The van der Waals surface area contributed by atoms with E-state index in [0.717, 1.165) is 21.3 Å². The van der Waals surface area contributed by atoms with Gasteiger partial charge in [0.05, 0.1) is 5.02 Å². The summed E-state index contributed by atoms with van der Waals surface area (Å²) in [5, 5.41) is 0.484. The van der Waals surface area contributed by atoms with Crippen LogP contribution in [0.1, 0.15) is 30.9 Å². The number of thiocarbonyl (C=S) groups is 1. The van der Waals surface area contributed by atoms with Crippen LogP contribution >= 0.6 is 39.7 Å². The highest BCUT2D eigenvalue weighted by molar-refractivity contribution is 9.10. The van der Waals surface area contributed by atoms with Crippen LogP contribution in [0.15, 0.2) is 40.9 Å². The lowest BCUT2D eigenvalue weighted by atomic mass is 10.0. The Bertz CT molecular complexity index is 688. The maximum absolute atomic E-state index is 6.24. The number of ether oxygens (including phenoxy) is 1. The first kappa shape index (κ1) is 16.3. The highest BCUT2D eigenvalue weighted by Gasteiger charge is 2.12. The molecule has 2 N–H and O–H groups in total. The van der Waals surface area contributed by atoms with Crippen molar-refractivity contribution in [1.82, 2.24) is 0 Å². The molecule has 0 aliphatic carbocycles. The lowest BCUT2D eigenvalue weighted by molar-refractivity contribution is 0.473. The Morgan fingerprint density at radius 2 is 1.86 bits per heavy atom. The molecule has 0 fully saturated rings. The summed E-state index contributed by atoms with van der Waals surface area (Å²) in [6.07, 6.45) is 0. The zero-order valence-electron chi connectivity index (χ0n) is 11.7. The molecule has 0 atom stereocenters. The topological polar surface area (TPSA) is 35.2 Å². The standard InChI is InChI=1S/C16H15BrClNOS/c1-9(2)12-8-11(17)4-6-14(12)20-15-5-3-10(16(19)21)7-13(15)18/h3-9H,1-2H3,(H2,19,21). The van der Waals surface area contributed by atoms with E-state index in [-0.39, 0.29) is 0 Å². The third-order valence-electron chi connectivity index (χ3n) is 3.03. The van der Waals surface area contributed by atoms with E-state index in [1.807, 2.05) is 12.1 Å². The molecule has 0 saturated carbocycles. The van der Waals surface area contributed by atoms with Crippen LogP contribution in [0.2, 0.25) is 5.02 Å². The van der Waals surface area contributed by atoms with Crippen molar-refractivity contribution >= 4 is 44.7 Å². The van der Waals surface area contributed by atoms with Crippen molar-refractivity contribution < 1.29 is 4.74 Å². The summed E-state index contributed by atoms with van der Waals surface area (Å²) in [6, 6.07) is 11.2. The summed E-state index contributed by atoms with van der Waals surface area (Å²) >= 11 is 14.7. The second-order valence-electron chi connectivity index (χ2n) is 4.95. The van der Waals surface area contributed by atoms with Gasteiger partial charge in [0.1, 0.15) is 16.5 Å². The van der Waals surface area contributed by atoms with Crippen molar-refractivity contribution in [2.45, 2.75) is 19.8 Å². The van der Waals surface area contributed by atoms with Crippen LogP contribution in [-0.4, -0.2) is 4.99 Å². The molecule has 0 spiro atoms. The van der Waals surface area contributed by atoms with Crippen molar-refractivity contribution in [3.63, 3.8) is 0 Å². The molecule has 5 heteroatoms. The van der Waals surface area contributed by atoms with Gasteiger partial charge in [-0.1, -0.05) is 53.6 Å². The van der Waals surface area contributed by atoms with Crippen molar-refractivity contribution in [2.75, 3.05) is 0 Å². The molecule has 0 aromatic heterocycles. The zero-order chi connectivity index (χ0) is 15.6. The monoisotopic (exact) mass is 383 g/mol. The second kappa shape index (κ2) is 6.77. The van der Waals surface area contributed by atoms with Crippen LogP contribution in [0, 0.1) is 0 Å². The minimum absolute atomic E-state index is 0.315. The fourth-order valence-electron chi connectivity index (χ4n) is 1.92. The molecule has 0 heterocycles. The number of nitrogens with two attached hydrogens (primary N) is 1. The maximum Gasteiger partial charge on any atom is 0.146 e. The van der Waals surface area contributed by atoms with E-state index >= 15 is 0 Å². The Morgan fingerprint density at radius 3 is 2.43 bits per heavy atom. The Balaban J connectivity index is 2.36. The molecule has 0 bridgehead atoms. The summed E-state index contributed by atoms with van der Waals surface area (Å²) in [4.78, 5) is 0.315. The molecule has 21 heavy (non-hydrogen) atoms. The Hall–Kier alpha value is -1.10. The van der Waals surface area contributed by atoms with Gasteiger partial charge in [-0.3, -0.25) is 0 Å². The largest absolute Gasteiger partial charge is 0.456 e. The number of hydrogen-bond acceptors (Lipinski definition) is 2.